The van der Waals surface area contributed by atoms with Crippen LogP contribution in [0.1, 0.15) is 30.1 Å². The molecule has 0 saturated carbocycles. The van der Waals surface area contributed by atoms with Crippen LogP contribution in [-0.4, -0.2) is 47.1 Å². The van der Waals surface area contributed by atoms with Crippen molar-refractivity contribution in [1.82, 2.24) is 19.7 Å². The first kappa shape index (κ1) is 19.3. The summed E-state index contributed by atoms with van der Waals surface area (Å²) >= 11 is 0. The molecule has 1 N–H and O–H groups in total. The molecular weight excluding hydrogens is 398 g/mol. The zero-order valence-electron chi connectivity index (χ0n) is 15.6. The van der Waals surface area contributed by atoms with Gasteiger partial charge in [0.25, 0.3) is 11.8 Å². The normalized spacial score (nSPS) is 16.0. The minimum atomic E-state index is -3.56. The second-order valence-corrected chi connectivity index (χ2v) is 8.79. The van der Waals surface area contributed by atoms with Crippen molar-refractivity contribution in [2.24, 2.45) is 5.92 Å². The predicted molar refractivity (Wildman–Crippen MR) is 101 cm³/mol. The molecule has 10 nitrogen and oxygen atoms in total. The number of amides is 1. The highest BCUT2D eigenvalue weighted by Gasteiger charge is 2.28. The topological polar surface area (TPSA) is 131 Å². The molecule has 152 valence electrons. The Bertz CT molecular complexity index is 1080. The van der Waals surface area contributed by atoms with Crippen LogP contribution < -0.4 is 5.32 Å². The van der Waals surface area contributed by atoms with Crippen molar-refractivity contribution in [3.05, 3.63) is 42.1 Å². The van der Waals surface area contributed by atoms with E-state index in [-0.39, 0.29) is 28.1 Å². The summed E-state index contributed by atoms with van der Waals surface area (Å²) in [7, 11) is -3.56. The van der Waals surface area contributed by atoms with E-state index in [0.717, 1.165) is 12.8 Å². The van der Waals surface area contributed by atoms with E-state index in [4.69, 9.17) is 8.94 Å². The van der Waals surface area contributed by atoms with Crippen LogP contribution in [0, 0.1) is 5.92 Å². The SMILES string of the molecule is CC1CCN(S(=O)(=O)c2ccc(C(=O)Nc3nnc(-c4ccno4)o3)cc2)CC1. The van der Waals surface area contributed by atoms with Crippen molar-refractivity contribution >= 4 is 21.9 Å². The number of carbonyl (C=O) groups is 1. The molecule has 0 radical (unpaired) electrons. The number of nitrogens with one attached hydrogen (secondary N) is 1. The Balaban J connectivity index is 1.44. The highest BCUT2D eigenvalue weighted by molar-refractivity contribution is 7.89. The second kappa shape index (κ2) is 7.76. The standard InChI is InChI=1S/C18H19N5O5S/c1-12-7-10-23(11-8-12)29(25,26)14-4-2-13(3-5-14)16(24)20-18-22-21-17(27-18)15-6-9-19-28-15/h2-6,9,12H,7-8,10-11H2,1H3,(H,20,22,24). The molecule has 1 aromatic carbocycles. The molecule has 29 heavy (non-hydrogen) atoms. The largest absolute Gasteiger partial charge is 0.400 e. The van der Waals surface area contributed by atoms with E-state index < -0.39 is 15.9 Å². The van der Waals surface area contributed by atoms with Gasteiger partial charge in [-0.3, -0.25) is 10.1 Å². The minimum absolute atomic E-state index is 0.0788. The average molecular weight is 417 g/mol. The Labute approximate surface area is 166 Å². The lowest BCUT2D eigenvalue weighted by molar-refractivity contribution is 0.102. The van der Waals surface area contributed by atoms with Gasteiger partial charge in [-0.25, -0.2) is 8.42 Å². The molecule has 4 rings (SSSR count). The maximum atomic E-state index is 12.8. The number of rotatable bonds is 5. The van der Waals surface area contributed by atoms with Crippen LogP contribution in [0.2, 0.25) is 0 Å². The minimum Gasteiger partial charge on any atom is -0.400 e. The Morgan fingerprint density at radius 2 is 1.86 bits per heavy atom. The zero-order valence-corrected chi connectivity index (χ0v) is 16.4. The van der Waals surface area contributed by atoms with Crippen LogP contribution in [0.3, 0.4) is 0 Å². The lowest BCUT2D eigenvalue weighted by atomic mass is 10.0. The fraction of sp³-hybridized carbons (Fsp3) is 0.333. The van der Waals surface area contributed by atoms with E-state index in [1.807, 2.05) is 0 Å². The molecule has 1 aliphatic rings. The van der Waals surface area contributed by atoms with E-state index in [9.17, 15) is 13.2 Å². The summed E-state index contributed by atoms with van der Waals surface area (Å²) in [5.74, 6) is 0.380. The highest BCUT2D eigenvalue weighted by atomic mass is 32.2. The van der Waals surface area contributed by atoms with Crippen molar-refractivity contribution in [1.29, 1.82) is 0 Å². The van der Waals surface area contributed by atoms with Gasteiger partial charge in [-0.2, -0.15) is 4.31 Å². The highest BCUT2D eigenvalue weighted by Crippen LogP contribution is 2.24. The molecule has 0 atom stereocenters. The first-order valence-corrected chi connectivity index (χ1v) is 10.5. The Hall–Kier alpha value is -3.05. The number of benzene rings is 1. The van der Waals surface area contributed by atoms with Crippen LogP contribution in [0.15, 0.2) is 50.4 Å². The van der Waals surface area contributed by atoms with Crippen LogP contribution in [0.5, 0.6) is 0 Å². The number of hydrogen-bond acceptors (Lipinski definition) is 8. The predicted octanol–water partition coefficient (Wildman–Crippen LogP) is 2.40. The number of aromatic nitrogens is 3. The molecule has 1 aliphatic heterocycles. The quantitative estimate of drug-likeness (QED) is 0.669. The maximum Gasteiger partial charge on any atom is 0.322 e. The van der Waals surface area contributed by atoms with Crippen molar-refractivity contribution in [2.45, 2.75) is 24.7 Å². The van der Waals surface area contributed by atoms with Crippen LogP contribution >= 0.6 is 0 Å². The fourth-order valence-corrected chi connectivity index (χ4v) is 4.49. The number of hydrogen-bond donors (Lipinski definition) is 1. The third kappa shape index (κ3) is 4.05. The molecule has 3 heterocycles. The summed E-state index contributed by atoms with van der Waals surface area (Å²) in [6.07, 6.45) is 3.12. The van der Waals surface area contributed by atoms with Crippen molar-refractivity contribution < 1.29 is 22.2 Å². The number of carbonyl (C=O) groups excluding carboxylic acids is 1. The smallest absolute Gasteiger partial charge is 0.322 e. The summed E-state index contributed by atoms with van der Waals surface area (Å²) < 4.78 is 37.2. The molecular formula is C18H19N5O5S. The molecule has 3 aromatic rings. The maximum absolute atomic E-state index is 12.8. The first-order chi connectivity index (χ1) is 13.9. The van der Waals surface area contributed by atoms with Crippen molar-refractivity contribution in [3.63, 3.8) is 0 Å². The van der Waals surface area contributed by atoms with E-state index in [0.29, 0.717) is 19.0 Å². The first-order valence-electron chi connectivity index (χ1n) is 9.09. The van der Waals surface area contributed by atoms with Crippen molar-refractivity contribution in [2.75, 3.05) is 18.4 Å². The number of nitrogens with zero attached hydrogens (tertiary/aromatic N) is 4. The molecule has 11 heteroatoms. The molecule has 0 aliphatic carbocycles. The van der Waals surface area contributed by atoms with Crippen molar-refractivity contribution in [3.8, 4) is 11.7 Å². The van der Waals surface area contributed by atoms with Gasteiger partial charge in [-0.05, 0) is 43.0 Å². The van der Waals surface area contributed by atoms with Crippen LogP contribution in [0.25, 0.3) is 11.7 Å². The lowest BCUT2D eigenvalue weighted by Gasteiger charge is -2.29. The van der Waals surface area contributed by atoms with Gasteiger partial charge in [-0.15, -0.1) is 5.10 Å². The number of anilines is 1. The number of piperidine rings is 1. The molecule has 1 amide bonds. The van der Waals surface area contributed by atoms with Crippen LogP contribution in [-0.2, 0) is 10.0 Å². The van der Waals surface area contributed by atoms with Gasteiger partial charge in [0, 0.05) is 24.7 Å². The molecule has 1 fully saturated rings. The summed E-state index contributed by atoms with van der Waals surface area (Å²) in [6.45, 7) is 3.14. The second-order valence-electron chi connectivity index (χ2n) is 6.85. The molecule has 0 bridgehead atoms. The Kier molecular flexibility index (Phi) is 5.16. The monoisotopic (exact) mass is 417 g/mol. The summed E-state index contributed by atoms with van der Waals surface area (Å²) in [5, 5.41) is 13.5. The Morgan fingerprint density at radius 1 is 1.14 bits per heavy atom. The van der Waals surface area contributed by atoms with E-state index in [1.54, 1.807) is 6.07 Å². The van der Waals surface area contributed by atoms with E-state index >= 15 is 0 Å². The van der Waals surface area contributed by atoms with E-state index in [1.165, 1.54) is 34.8 Å². The third-order valence-corrected chi connectivity index (χ3v) is 6.70. The fourth-order valence-electron chi connectivity index (χ4n) is 3.02. The summed E-state index contributed by atoms with van der Waals surface area (Å²) in [4.78, 5) is 12.5. The van der Waals surface area contributed by atoms with Crippen LogP contribution in [0.4, 0.5) is 6.01 Å². The molecule has 0 unspecified atom stereocenters. The van der Waals surface area contributed by atoms with Gasteiger partial charge in [0.2, 0.25) is 15.8 Å². The number of sulfonamides is 1. The Morgan fingerprint density at radius 3 is 2.52 bits per heavy atom. The summed E-state index contributed by atoms with van der Waals surface area (Å²) in [6, 6.07) is 7.18. The van der Waals surface area contributed by atoms with Gasteiger partial charge >= 0.3 is 6.01 Å². The van der Waals surface area contributed by atoms with Gasteiger partial charge in [-0.1, -0.05) is 17.2 Å². The van der Waals surface area contributed by atoms with Gasteiger partial charge < -0.3 is 8.94 Å². The van der Waals surface area contributed by atoms with Gasteiger partial charge in [0.15, 0.2) is 0 Å². The average Bonchev–Trinajstić information content (AvgIpc) is 3.40. The van der Waals surface area contributed by atoms with E-state index in [2.05, 4.69) is 27.6 Å². The molecule has 0 spiro atoms. The zero-order chi connectivity index (χ0) is 20.4. The van der Waals surface area contributed by atoms with Gasteiger partial charge in [0.05, 0.1) is 11.1 Å². The summed E-state index contributed by atoms with van der Waals surface area (Å²) in [5.41, 5.74) is 0.260. The molecule has 2 aromatic heterocycles. The third-order valence-electron chi connectivity index (χ3n) is 4.79. The van der Waals surface area contributed by atoms with Gasteiger partial charge in [0.1, 0.15) is 0 Å². The molecule has 1 saturated heterocycles. The lowest BCUT2D eigenvalue weighted by Crippen LogP contribution is -2.37.